The van der Waals surface area contributed by atoms with E-state index in [4.69, 9.17) is 5.21 Å². The molecule has 6 rings (SSSR count). The van der Waals surface area contributed by atoms with E-state index < -0.39 is 0 Å². The van der Waals surface area contributed by atoms with Gasteiger partial charge in [0.25, 0.3) is 5.69 Å². The molecule has 1 N–H and O–H groups in total. The number of hydrogen-bond donors (Lipinski definition) is 1. The Bertz CT molecular complexity index is 1560. The van der Waals surface area contributed by atoms with Crippen LogP contribution in [0.25, 0.3) is 11.3 Å². The number of aromatic nitrogens is 3. The maximum absolute atomic E-state index is 11.2. The van der Waals surface area contributed by atoms with E-state index in [9.17, 15) is 10.1 Å². The maximum atomic E-state index is 11.2. The Balaban J connectivity index is 1.36. The first-order valence-corrected chi connectivity index (χ1v) is 14.8. The van der Waals surface area contributed by atoms with Crippen molar-refractivity contribution in [1.82, 2.24) is 15.0 Å². The summed E-state index contributed by atoms with van der Waals surface area (Å²) in [5, 5.41) is 24.1. The van der Waals surface area contributed by atoms with Gasteiger partial charge in [-0.3, -0.25) is 10.1 Å². The number of nitrogens with one attached hydrogen (secondary N) is 1. The van der Waals surface area contributed by atoms with Crippen molar-refractivity contribution in [2.24, 2.45) is 11.3 Å². The predicted molar refractivity (Wildman–Crippen MR) is 163 cm³/mol. The highest BCUT2D eigenvalue weighted by Crippen LogP contribution is 2.58. The van der Waals surface area contributed by atoms with Gasteiger partial charge in [-0.1, -0.05) is 87.9 Å². The molecule has 0 aliphatic heterocycles. The minimum Gasteiger partial charge on any atom is -0.339 e. The lowest BCUT2D eigenvalue weighted by atomic mass is 9.49. The summed E-state index contributed by atoms with van der Waals surface area (Å²) < 4.78 is 2.03. The van der Waals surface area contributed by atoms with E-state index in [0.29, 0.717) is 11.8 Å². The van der Waals surface area contributed by atoms with Crippen LogP contribution in [0.4, 0.5) is 17.2 Å². The molecule has 7 heteroatoms. The molecule has 2 aliphatic carbocycles. The Morgan fingerprint density at radius 1 is 1.05 bits per heavy atom. The van der Waals surface area contributed by atoms with Crippen LogP contribution in [0.3, 0.4) is 0 Å². The van der Waals surface area contributed by atoms with Gasteiger partial charge < -0.3 is 5.32 Å². The second kappa shape index (κ2) is 10.4. The zero-order valence-electron chi connectivity index (χ0n) is 24.4. The molecule has 0 unspecified atom stereocenters. The average molecular weight is 550 g/mol. The first-order chi connectivity index (χ1) is 19.7. The molecular formula is C34H39N5O2. The molecule has 1 heterocycles. The Morgan fingerprint density at radius 2 is 1.80 bits per heavy atom. The van der Waals surface area contributed by atoms with Crippen molar-refractivity contribution < 1.29 is 4.92 Å². The van der Waals surface area contributed by atoms with Gasteiger partial charge in [0, 0.05) is 23.4 Å². The van der Waals surface area contributed by atoms with Gasteiger partial charge in [-0.2, -0.15) is 0 Å². The van der Waals surface area contributed by atoms with Crippen molar-refractivity contribution in [2.45, 2.75) is 77.7 Å². The lowest BCUT2D eigenvalue weighted by Crippen LogP contribution is -2.50. The summed E-state index contributed by atoms with van der Waals surface area (Å²) >= 11 is 0. The first kappa shape index (κ1) is 27.2. The summed E-state index contributed by atoms with van der Waals surface area (Å²) in [6, 6.07) is 23.8. The predicted octanol–water partition coefficient (Wildman–Crippen LogP) is 8.43. The van der Waals surface area contributed by atoms with Crippen molar-refractivity contribution >= 4 is 17.2 Å². The number of nitro benzene ring substituents is 1. The Hall–Kier alpha value is -4.00. The van der Waals surface area contributed by atoms with Crippen LogP contribution in [0.15, 0.2) is 72.8 Å². The molecule has 3 aromatic carbocycles. The van der Waals surface area contributed by atoms with E-state index in [1.807, 2.05) is 35.0 Å². The standard InChI is InChI=1S/C34H39N5O2/c1-23(2)25-11-17-29-26(21-25)12-18-30-33(3,19-8-20-34(29,30)4)22-38-32(31(36-37-38)24-9-6-5-7-10-24)35-27-13-15-28(16-14-27)39(40)41/h5-7,9-11,13-17,21,23,30,35H,8,12,18-20,22H2,1-4H3/t30-,33-,34+/m0/s1. The molecule has 7 nitrogen and oxygen atoms in total. The van der Waals surface area contributed by atoms with Gasteiger partial charge >= 0.3 is 0 Å². The van der Waals surface area contributed by atoms with Gasteiger partial charge in [-0.15, -0.1) is 5.10 Å². The van der Waals surface area contributed by atoms with Crippen LogP contribution in [-0.2, 0) is 18.4 Å². The molecule has 3 atom stereocenters. The fraction of sp³-hybridized carbons (Fsp3) is 0.412. The highest BCUT2D eigenvalue weighted by Gasteiger charge is 2.52. The minimum absolute atomic E-state index is 0.0367. The number of non-ortho nitro benzene ring substituents is 1. The molecule has 1 fully saturated rings. The van der Waals surface area contributed by atoms with Crippen LogP contribution in [0, 0.1) is 21.4 Å². The smallest absolute Gasteiger partial charge is 0.269 e. The third kappa shape index (κ3) is 4.92. The second-order valence-electron chi connectivity index (χ2n) is 12.8. The van der Waals surface area contributed by atoms with E-state index in [1.54, 1.807) is 12.1 Å². The molecule has 41 heavy (non-hydrogen) atoms. The Labute approximate surface area is 242 Å². The topological polar surface area (TPSA) is 85.9 Å². The third-order valence-electron chi connectivity index (χ3n) is 9.80. The highest BCUT2D eigenvalue weighted by molar-refractivity contribution is 5.75. The zero-order valence-corrected chi connectivity index (χ0v) is 24.4. The first-order valence-electron chi connectivity index (χ1n) is 14.8. The van der Waals surface area contributed by atoms with Gasteiger partial charge in [-0.25, -0.2) is 4.68 Å². The van der Waals surface area contributed by atoms with E-state index in [1.165, 1.54) is 48.1 Å². The number of nitrogens with zero attached hydrogens (tertiary/aromatic N) is 4. The van der Waals surface area contributed by atoms with E-state index in [-0.39, 0.29) is 21.4 Å². The number of fused-ring (bicyclic) bond motifs is 3. The highest BCUT2D eigenvalue weighted by atomic mass is 16.6. The van der Waals surface area contributed by atoms with Crippen LogP contribution >= 0.6 is 0 Å². The van der Waals surface area contributed by atoms with Crippen molar-refractivity contribution in [3.63, 3.8) is 0 Å². The molecule has 0 radical (unpaired) electrons. The number of aryl methyl sites for hydroxylation is 1. The van der Waals surface area contributed by atoms with Gasteiger partial charge in [0.05, 0.1) is 11.5 Å². The molecule has 0 bridgehead atoms. The van der Waals surface area contributed by atoms with E-state index in [0.717, 1.165) is 42.1 Å². The normalized spacial score (nSPS) is 23.6. The summed E-state index contributed by atoms with van der Waals surface area (Å²) in [6.07, 6.45) is 5.82. The lowest BCUT2D eigenvalue weighted by Gasteiger charge is -2.55. The molecule has 2 aliphatic rings. The minimum atomic E-state index is -0.377. The van der Waals surface area contributed by atoms with Crippen LogP contribution in [0.2, 0.25) is 0 Å². The summed E-state index contributed by atoms with van der Waals surface area (Å²) in [5.41, 5.74) is 7.27. The molecule has 1 aromatic heterocycles. The molecule has 4 aromatic rings. The summed E-state index contributed by atoms with van der Waals surface area (Å²) in [4.78, 5) is 10.8. The quantitative estimate of drug-likeness (QED) is 0.185. The average Bonchev–Trinajstić information content (AvgIpc) is 3.34. The van der Waals surface area contributed by atoms with Gasteiger partial charge in [0.2, 0.25) is 0 Å². The van der Waals surface area contributed by atoms with E-state index in [2.05, 4.69) is 56.3 Å². The number of hydrogen-bond acceptors (Lipinski definition) is 5. The number of nitro groups is 1. The second-order valence-corrected chi connectivity index (χ2v) is 12.8. The largest absolute Gasteiger partial charge is 0.339 e. The monoisotopic (exact) mass is 549 g/mol. The number of benzene rings is 3. The zero-order chi connectivity index (χ0) is 28.8. The van der Waals surface area contributed by atoms with Crippen molar-refractivity contribution in [2.75, 3.05) is 5.32 Å². The molecule has 1 saturated carbocycles. The van der Waals surface area contributed by atoms with Crippen molar-refractivity contribution in [3.05, 3.63) is 99.6 Å². The van der Waals surface area contributed by atoms with Crippen LogP contribution in [0.5, 0.6) is 0 Å². The molecule has 212 valence electrons. The Kier molecular flexibility index (Phi) is 6.92. The van der Waals surface area contributed by atoms with Gasteiger partial charge in [0.1, 0.15) is 5.69 Å². The van der Waals surface area contributed by atoms with Crippen molar-refractivity contribution in [3.8, 4) is 11.3 Å². The summed E-state index contributed by atoms with van der Waals surface area (Å²) in [6.45, 7) is 10.2. The fourth-order valence-electron chi connectivity index (χ4n) is 7.68. The van der Waals surface area contributed by atoms with Crippen LogP contribution in [-0.4, -0.2) is 19.9 Å². The maximum Gasteiger partial charge on any atom is 0.269 e. The molecular weight excluding hydrogens is 510 g/mol. The lowest BCUT2D eigenvalue weighted by molar-refractivity contribution is -0.384. The van der Waals surface area contributed by atoms with Gasteiger partial charge in [0.15, 0.2) is 5.82 Å². The van der Waals surface area contributed by atoms with Crippen LogP contribution in [0.1, 0.15) is 76.0 Å². The van der Waals surface area contributed by atoms with E-state index >= 15 is 0 Å². The van der Waals surface area contributed by atoms with Gasteiger partial charge in [-0.05, 0) is 77.2 Å². The molecule has 0 amide bonds. The van der Waals surface area contributed by atoms with Crippen molar-refractivity contribution in [1.29, 1.82) is 0 Å². The van der Waals surface area contributed by atoms with Crippen LogP contribution < -0.4 is 5.32 Å². The summed E-state index contributed by atoms with van der Waals surface area (Å²) in [5.74, 6) is 1.88. The Morgan fingerprint density at radius 3 is 2.51 bits per heavy atom. The molecule has 0 spiro atoms. The third-order valence-corrected chi connectivity index (χ3v) is 9.80. The SMILES string of the molecule is CC(C)c1ccc2c(c1)CC[C@H]1[C@](C)(Cn3nnc(-c4ccccc4)c3Nc3ccc([N+](=O)[O-])cc3)CCC[C@]21C. The fourth-order valence-corrected chi connectivity index (χ4v) is 7.68. The number of anilines is 2. The number of rotatable bonds is 7. The summed E-state index contributed by atoms with van der Waals surface area (Å²) in [7, 11) is 0. The molecule has 0 saturated heterocycles.